The average Bonchev–Trinajstić information content (AvgIpc) is 3.55. The molecule has 3 saturated heterocycles. The van der Waals surface area contributed by atoms with E-state index in [1.54, 1.807) is 0 Å². The van der Waals surface area contributed by atoms with E-state index in [0.717, 1.165) is 29.6 Å². The molecule has 7 aliphatic rings. The highest BCUT2D eigenvalue weighted by atomic mass is 16.7. The fraction of sp³-hybridized carbons (Fsp3) is 0.854. The number of rotatable bonds is 14. The van der Waals surface area contributed by atoms with E-state index in [1.807, 2.05) is 13.0 Å². The van der Waals surface area contributed by atoms with Crippen molar-refractivity contribution >= 4 is 5.78 Å². The fourth-order valence-corrected chi connectivity index (χ4v) is 13.2. The lowest BCUT2D eigenvalue weighted by atomic mass is 9.39. The van der Waals surface area contributed by atoms with E-state index >= 15 is 0 Å². The molecule has 4 aliphatic carbocycles. The van der Waals surface area contributed by atoms with Crippen LogP contribution in [-0.2, 0) is 33.2 Å². The molecule has 7 rings (SSSR count). The molecule has 11 N–H and O–H groups in total. The van der Waals surface area contributed by atoms with Gasteiger partial charge in [0.05, 0.1) is 32.5 Å². The molecule has 22 unspecified atom stereocenters. The van der Waals surface area contributed by atoms with E-state index in [4.69, 9.17) is 28.4 Å². The van der Waals surface area contributed by atoms with Crippen LogP contribution in [0.15, 0.2) is 35.5 Å². The van der Waals surface area contributed by atoms with Gasteiger partial charge in [0.1, 0.15) is 79.0 Å². The Bertz CT molecular complexity index is 1800. The van der Waals surface area contributed by atoms with Gasteiger partial charge in [-0.25, -0.2) is 0 Å². The Morgan fingerprint density at radius 1 is 0.727 bits per heavy atom. The Balaban J connectivity index is 0.985. The van der Waals surface area contributed by atoms with Gasteiger partial charge in [-0.15, -0.1) is 0 Å². The van der Waals surface area contributed by atoms with Crippen LogP contribution in [0, 0.1) is 39.4 Å². The summed E-state index contributed by atoms with van der Waals surface area (Å²) in [6, 6.07) is 0. The molecular formula is C48H76O18. The Labute approximate surface area is 386 Å². The predicted molar refractivity (Wildman–Crippen MR) is 232 cm³/mol. The second kappa shape index (κ2) is 19.8. The SMILES string of the molecule is C=C(CCC=C(C)COC1OC(CO)C(O)C(O)C1O)C1CCC2(C)C3CC=C4C(CCC(OC5OC(COC6OC(CO)C(O)C(O)C6O)C(O)C(O)C5O)C4(C)C)C3(C)C(=O)CC12C. The first-order valence-electron chi connectivity index (χ1n) is 23.7. The molecule has 0 aromatic heterocycles. The number of Topliss-reactive ketones (excluding diaryl/α,β-unsaturated/α-hetero) is 1. The van der Waals surface area contributed by atoms with Crippen molar-refractivity contribution < 1.29 is 89.4 Å². The molecule has 3 aliphatic heterocycles. The summed E-state index contributed by atoms with van der Waals surface area (Å²) in [6.07, 6.45) is -12.5. The van der Waals surface area contributed by atoms with Gasteiger partial charge in [-0.2, -0.15) is 0 Å². The number of hydrogen-bond donors (Lipinski definition) is 11. The second-order valence-corrected chi connectivity index (χ2v) is 21.5. The van der Waals surface area contributed by atoms with Crippen LogP contribution in [-0.4, -0.2) is 187 Å². The van der Waals surface area contributed by atoms with Crippen molar-refractivity contribution in [2.75, 3.05) is 26.4 Å². The molecule has 0 radical (unpaired) electrons. The predicted octanol–water partition coefficient (Wildman–Crippen LogP) is -0.121. The first kappa shape index (κ1) is 52.0. The molecular weight excluding hydrogens is 865 g/mol. The highest BCUT2D eigenvalue weighted by molar-refractivity contribution is 5.88. The molecule has 0 amide bonds. The number of carbonyl (C=O) groups excluding carboxylic acids is 1. The van der Waals surface area contributed by atoms with E-state index in [1.165, 1.54) is 0 Å². The van der Waals surface area contributed by atoms with Crippen LogP contribution < -0.4 is 0 Å². The maximum Gasteiger partial charge on any atom is 0.187 e. The summed E-state index contributed by atoms with van der Waals surface area (Å²) in [5.74, 6) is 0.430. The zero-order valence-corrected chi connectivity index (χ0v) is 39.1. The van der Waals surface area contributed by atoms with Crippen molar-refractivity contribution in [2.24, 2.45) is 39.4 Å². The minimum Gasteiger partial charge on any atom is -0.394 e. The lowest BCUT2D eigenvalue weighted by molar-refractivity contribution is -0.340. The number of fused-ring (bicyclic) bond motifs is 5. The molecule has 3 heterocycles. The normalized spacial score (nSPS) is 49.4. The van der Waals surface area contributed by atoms with Crippen molar-refractivity contribution in [1.82, 2.24) is 0 Å². The van der Waals surface area contributed by atoms with E-state index in [-0.39, 0.29) is 41.0 Å². The molecule has 22 atom stereocenters. The molecule has 18 heteroatoms. The van der Waals surface area contributed by atoms with Crippen molar-refractivity contribution in [3.05, 3.63) is 35.5 Å². The van der Waals surface area contributed by atoms with E-state index < -0.39 is 129 Å². The van der Waals surface area contributed by atoms with Crippen molar-refractivity contribution in [3.63, 3.8) is 0 Å². The number of carbonyl (C=O) groups is 1. The third-order valence-electron chi connectivity index (χ3n) is 17.6. The first-order valence-corrected chi connectivity index (χ1v) is 23.7. The number of ether oxygens (including phenoxy) is 6. The molecule has 6 fully saturated rings. The Hall–Kier alpha value is -1.79. The van der Waals surface area contributed by atoms with Crippen molar-refractivity contribution in [3.8, 4) is 0 Å². The van der Waals surface area contributed by atoms with Crippen LogP contribution in [0.25, 0.3) is 0 Å². The Morgan fingerprint density at radius 2 is 1.27 bits per heavy atom. The minimum absolute atomic E-state index is 0.0511. The van der Waals surface area contributed by atoms with Gasteiger partial charge in [0.25, 0.3) is 0 Å². The van der Waals surface area contributed by atoms with E-state index in [2.05, 4.69) is 47.3 Å². The summed E-state index contributed by atoms with van der Waals surface area (Å²) >= 11 is 0. The smallest absolute Gasteiger partial charge is 0.187 e. The van der Waals surface area contributed by atoms with E-state index in [9.17, 15) is 61.0 Å². The quantitative estimate of drug-likeness (QED) is 0.101. The third-order valence-corrected chi connectivity index (χ3v) is 17.6. The summed E-state index contributed by atoms with van der Waals surface area (Å²) in [7, 11) is 0. The van der Waals surface area contributed by atoms with Crippen LogP contribution in [0.5, 0.6) is 0 Å². The lowest BCUT2D eigenvalue weighted by Crippen LogP contribution is -2.64. The highest BCUT2D eigenvalue weighted by Gasteiger charge is 2.70. The van der Waals surface area contributed by atoms with E-state index in [0.29, 0.717) is 38.5 Å². The van der Waals surface area contributed by atoms with Crippen molar-refractivity contribution in [2.45, 2.75) is 191 Å². The van der Waals surface area contributed by atoms with Gasteiger partial charge in [0.2, 0.25) is 0 Å². The fourth-order valence-electron chi connectivity index (χ4n) is 13.2. The van der Waals surface area contributed by atoms with Gasteiger partial charge in [-0.1, -0.05) is 70.1 Å². The molecule has 0 aromatic carbocycles. The van der Waals surface area contributed by atoms with Gasteiger partial charge < -0.3 is 84.6 Å². The largest absolute Gasteiger partial charge is 0.394 e. The van der Waals surface area contributed by atoms with Crippen LogP contribution in [0.2, 0.25) is 0 Å². The number of aliphatic hydroxyl groups is 11. The second-order valence-electron chi connectivity index (χ2n) is 21.5. The topological polar surface area (TPSA) is 295 Å². The van der Waals surface area contributed by atoms with Gasteiger partial charge in [0, 0.05) is 17.3 Å². The molecule has 0 aromatic rings. The maximum atomic E-state index is 14.9. The highest BCUT2D eigenvalue weighted by Crippen LogP contribution is 2.74. The van der Waals surface area contributed by atoms with Gasteiger partial charge in [-0.3, -0.25) is 4.79 Å². The third kappa shape index (κ3) is 8.86. The Morgan fingerprint density at radius 3 is 1.86 bits per heavy atom. The maximum absolute atomic E-state index is 14.9. The molecule has 66 heavy (non-hydrogen) atoms. The van der Waals surface area contributed by atoms with Crippen molar-refractivity contribution in [1.29, 1.82) is 0 Å². The molecule has 3 saturated carbocycles. The number of aliphatic hydroxyl groups excluding tert-OH is 11. The number of hydrogen-bond acceptors (Lipinski definition) is 18. The summed E-state index contributed by atoms with van der Waals surface area (Å²) in [5.41, 5.74) is 1.38. The van der Waals surface area contributed by atoms with Crippen LogP contribution >= 0.6 is 0 Å². The monoisotopic (exact) mass is 941 g/mol. The zero-order valence-electron chi connectivity index (χ0n) is 39.1. The van der Waals surface area contributed by atoms with Gasteiger partial charge in [-0.05, 0) is 80.5 Å². The van der Waals surface area contributed by atoms with Crippen LogP contribution in [0.1, 0.15) is 92.9 Å². The van der Waals surface area contributed by atoms with Gasteiger partial charge in [0.15, 0.2) is 18.9 Å². The minimum atomic E-state index is -1.69. The van der Waals surface area contributed by atoms with Gasteiger partial charge >= 0.3 is 0 Å². The molecule has 0 bridgehead atoms. The zero-order chi connectivity index (χ0) is 48.4. The molecule has 376 valence electrons. The van der Waals surface area contributed by atoms with Crippen LogP contribution in [0.3, 0.4) is 0 Å². The summed E-state index contributed by atoms with van der Waals surface area (Å²) in [4.78, 5) is 14.9. The Kier molecular flexibility index (Phi) is 15.6. The number of ketones is 1. The lowest BCUT2D eigenvalue weighted by Gasteiger charge is -2.64. The molecule has 18 nitrogen and oxygen atoms in total. The summed E-state index contributed by atoms with van der Waals surface area (Å²) in [6.45, 7) is 15.9. The molecule has 0 spiro atoms. The standard InChI is InChI=1S/C48H76O18/c1-22(20-61-42-39(58)36(55)33(52)27(18-49)63-42)9-8-10-23(2)24-15-16-46(5)30-13-11-25-26(48(30,7)31(51)17-47(24,46)6)12-14-32(45(25,3)4)66-44-41(60)38(57)35(54)29(65-44)21-62-43-40(59)37(56)34(53)28(19-50)64-43/h9,11,24,26-30,32-44,49-50,52-60H,2,8,10,12-21H2,1,3-7H3. The average molecular weight is 941 g/mol. The first-order chi connectivity index (χ1) is 31.0. The summed E-state index contributed by atoms with van der Waals surface area (Å²) < 4.78 is 34.8. The number of allylic oxidation sites excluding steroid dienone is 3. The van der Waals surface area contributed by atoms with Crippen LogP contribution in [0.4, 0.5) is 0 Å². The summed E-state index contributed by atoms with van der Waals surface area (Å²) in [5, 5.41) is 113.